The third-order valence-electron chi connectivity index (χ3n) is 3.65. The molecule has 1 aromatic carbocycles. The van der Waals surface area contributed by atoms with Crippen LogP contribution < -0.4 is 4.74 Å². The van der Waals surface area contributed by atoms with Crippen LogP contribution in [0.5, 0.6) is 5.75 Å². The van der Waals surface area contributed by atoms with E-state index in [0.717, 1.165) is 31.4 Å². The average Bonchev–Trinajstić information content (AvgIpc) is 2.99. The molecule has 0 unspecified atom stereocenters. The van der Waals surface area contributed by atoms with Gasteiger partial charge in [-0.3, -0.25) is 4.68 Å². The zero-order valence-electron chi connectivity index (χ0n) is 13.6. The maximum Gasteiger partial charge on any atom is 0.573 e. The molecule has 24 heavy (non-hydrogen) atoms. The van der Waals surface area contributed by atoms with Crippen LogP contribution in [0.25, 0.3) is 17.2 Å². The summed E-state index contributed by atoms with van der Waals surface area (Å²) >= 11 is 0. The van der Waals surface area contributed by atoms with E-state index < -0.39 is 6.36 Å². The van der Waals surface area contributed by atoms with Crippen LogP contribution in [0, 0.1) is 0 Å². The van der Waals surface area contributed by atoms with Crippen LogP contribution in [-0.4, -0.2) is 16.1 Å². The molecule has 2 aromatic rings. The minimum atomic E-state index is -4.74. The maximum absolute atomic E-state index is 12.6. The fourth-order valence-corrected chi connectivity index (χ4v) is 2.44. The van der Waals surface area contributed by atoms with Gasteiger partial charge in [0.1, 0.15) is 5.75 Å². The van der Waals surface area contributed by atoms with Crippen LogP contribution in [0.2, 0.25) is 0 Å². The molecule has 0 atom stereocenters. The number of benzene rings is 1. The van der Waals surface area contributed by atoms with Crippen LogP contribution in [-0.2, 0) is 6.54 Å². The molecule has 130 valence electrons. The molecule has 0 aliphatic rings. The van der Waals surface area contributed by atoms with Gasteiger partial charge in [-0.2, -0.15) is 5.10 Å². The lowest BCUT2D eigenvalue weighted by molar-refractivity contribution is -0.274. The Kier molecular flexibility index (Phi) is 6.06. The van der Waals surface area contributed by atoms with E-state index in [9.17, 15) is 13.2 Å². The topological polar surface area (TPSA) is 27.1 Å². The predicted molar refractivity (Wildman–Crippen MR) is 88.6 cm³/mol. The summed E-state index contributed by atoms with van der Waals surface area (Å²) in [6.45, 7) is 6.54. The largest absolute Gasteiger partial charge is 0.573 e. The zero-order valence-corrected chi connectivity index (χ0v) is 13.6. The summed E-state index contributed by atoms with van der Waals surface area (Å²) in [6.07, 6.45) is 4.57. The molecule has 0 amide bonds. The first kappa shape index (κ1) is 18.1. The second-order valence-electron chi connectivity index (χ2n) is 5.56. The minimum absolute atomic E-state index is 0.237. The molecule has 3 nitrogen and oxygen atoms in total. The van der Waals surface area contributed by atoms with Gasteiger partial charge in [-0.05, 0) is 24.1 Å². The predicted octanol–water partition coefficient (Wildman–Crippen LogP) is 5.67. The zero-order chi connectivity index (χ0) is 17.6. The van der Waals surface area contributed by atoms with Crippen LogP contribution in [0.15, 0.2) is 37.2 Å². The summed E-state index contributed by atoms with van der Waals surface area (Å²) in [5, 5.41) is 4.24. The molecule has 0 N–H and O–H groups in total. The monoisotopic (exact) mass is 338 g/mol. The van der Waals surface area contributed by atoms with Crippen LogP contribution in [0.4, 0.5) is 13.2 Å². The summed E-state index contributed by atoms with van der Waals surface area (Å²) in [5.41, 5.74) is 1.66. The van der Waals surface area contributed by atoms with Gasteiger partial charge < -0.3 is 4.74 Å². The van der Waals surface area contributed by atoms with Gasteiger partial charge in [-0.1, -0.05) is 44.9 Å². The van der Waals surface area contributed by atoms with E-state index in [1.165, 1.54) is 18.6 Å². The van der Waals surface area contributed by atoms with Crippen molar-refractivity contribution in [3.8, 4) is 16.9 Å². The Labute approximate surface area is 139 Å². The molecule has 6 heteroatoms. The molecule has 0 aliphatic heterocycles. The SMILES string of the molecule is C=Cc1ccc(OC(F)(F)F)c(-c2cnn(CCCCCC)c2)c1. The van der Waals surface area contributed by atoms with Gasteiger partial charge in [-0.25, -0.2) is 0 Å². The lowest BCUT2D eigenvalue weighted by Gasteiger charge is -2.13. The van der Waals surface area contributed by atoms with Gasteiger partial charge in [0.05, 0.1) is 6.20 Å². The van der Waals surface area contributed by atoms with Crippen molar-refractivity contribution in [1.82, 2.24) is 9.78 Å². The van der Waals surface area contributed by atoms with Gasteiger partial charge in [-0.15, -0.1) is 13.2 Å². The molecular weight excluding hydrogens is 317 g/mol. The Balaban J connectivity index is 2.23. The Morgan fingerprint density at radius 3 is 2.71 bits per heavy atom. The van der Waals surface area contributed by atoms with Crippen LogP contribution in [0.1, 0.15) is 38.2 Å². The molecule has 0 bridgehead atoms. The molecule has 1 heterocycles. The van der Waals surface area contributed by atoms with E-state index in [4.69, 9.17) is 0 Å². The number of hydrogen-bond acceptors (Lipinski definition) is 2. The Morgan fingerprint density at radius 1 is 1.25 bits per heavy atom. The highest BCUT2D eigenvalue weighted by atomic mass is 19.4. The summed E-state index contributed by atoms with van der Waals surface area (Å²) in [6, 6.07) is 4.46. The van der Waals surface area contributed by atoms with Crippen molar-refractivity contribution in [3.05, 3.63) is 42.7 Å². The van der Waals surface area contributed by atoms with Crippen molar-refractivity contribution in [1.29, 1.82) is 0 Å². The van der Waals surface area contributed by atoms with Crippen molar-refractivity contribution in [2.45, 2.75) is 45.5 Å². The molecule has 2 rings (SSSR count). The Hall–Kier alpha value is -2.24. The van der Waals surface area contributed by atoms with Crippen molar-refractivity contribution in [2.24, 2.45) is 0 Å². The highest BCUT2D eigenvalue weighted by Crippen LogP contribution is 2.34. The van der Waals surface area contributed by atoms with Crippen molar-refractivity contribution < 1.29 is 17.9 Å². The van der Waals surface area contributed by atoms with Crippen LogP contribution in [0.3, 0.4) is 0 Å². The summed E-state index contributed by atoms with van der Waals surface area (Å²) < 4.78 is 43.7. The molecule has 0 aliphatic carbocycles. The van der Waals surface area contributed by atoms with Crippen molar-refractivity contribution in [2.75, 3.05) is 0 Å². The van der Waals surface area contributed by atoms with Crippen molar-refractivity contribution in [3.63, 3.8) is 0 Å². The number of aryl methyl sites for hydroxylation is 1. The van der Waals surface area contributed by atoms with Gasteiger partial charge in [0, 0.05) is 23.9 Å². The van der Waals surface area contributed by atoms with Crippen LogP contribution >= 0.6 is 0 Å². The van der Waals surface area contributed by atoms with E-state index in [1.807, 2.05) is 0 Å². The highest BCUT2D eigenvalue weighted by Gasteiger charge is 2.32. The lowest BCUT2D eigenvalue weighted by atomic mass is 10.0. The summed E-state index contributed by atoms with van der Waals surface area (Å²) in [4.78, 5) is 0. The van der Waals surface area contributed by atoms with Gasteiger partial charge in [0.2, 0.25) is 0 Å². The lowest BCUT2D eigenvalue weighted by Crippen LogP contribution is -2.17. The van der Waals surface area contributed by atoms with E-state index in [1.54, 1.807) is 29.2 Å². The fourth-order valence-electron chi connectivity index (χ4n) is 2.44. The third kappa shape index (κ3) is 5.15. The molecule has 0 fully saturated rings. The summed E-state index contributed by atoms with van der Waals surface area (Å²) in [5.74, 6) is -0.237. The number of halogens is 3. The maximum atomic E-state index is 12.6. The third-order valence-corrected chi connectivity index (χ3v) is 3.65. The molecule has 0 radical (unpaired) electrons. The summed E-state index contributed by atoms with van der Waals surface area (Å²) in [7, 11) is 0. The molecule has 1 aromatic heterocycles. The second kappa shape index (κ2) is 8.04. The quantitative estimate of drug-likeness (QED) is 0.580. The molecule has 0 saturated heterocycles. The van der Waals surface area contributed by atoms with Gasteiger partial charge in [0.15, 0.2) is 0 Å². The Morgan fingerprint density at radius 2 is 2.04 bits per heavy atom. The number of ether oxygens (including phenoxy) is 1. The first-order chi connectivity index (χ1) is 11.4. The molecule has 0 spiro atoms. The first-order valence-electron chi connectivity index (χ1n) is 7.98. The van der Waals surface area contributed by atoms with E-state index in [-0.39, 0.29) is 5.75 Å². The molecular formula is C18H21F3N2O. The number of unbranched alkanes of at least 4 members (excludes halogenated alkanes) is 3. The first-order valence-corrected chi connectivity index (χ1v) is 7.98. The smallest absolute Gasteiger partial charge is 0.405 e. The number of aromatic nitrogens is 2. The van der Waals surface area contributed by atoms with Crippen molar-refractivity contribution >= 4 is 6.08 Å². The number of rotatable bonds is 8. The fraction of sp³-hybridized carbons (Fsp3) is 0.389. The van der Waals surface area contributed by atoms with E-state index in [0.29, 0.717) is 11.1 Å². The highest BCUT2D eigenvalue weighted by molar-refractivity contribution is 5.72. The normalized spacial score (nSPS) is 11.5. The Bertz CT molecular complexity index is 677. The van der Waals surface area contributed by atoms with Gasteiger partial charge in [0.25, 0.3) is 0 Å². The number of nitrogens with zero attached hydrogens (tertiary/aromatic N) is 2. The minimum Gasteiger partial charge on any atom is -0.405 e. The van der Waals surface area contributed by atoms with Gasteiger partial charge >= 0.3 is 6.36 Å². The number of hydrogen-bond donors (Lipinski definition) is 0. The molecule has 0 saturated carbocycles. The number of alkyl halides is 3. The van der Waals surface area contributed by atoms with E-state index in [2.05, 4.69) is 23.3 Å². The average molecular weight is 338 g/mol. The second-order valence-corrected chi connectivity index (χ2v) is 5.56. The standard InChI is InChI=1S/C18H21F3N2O/c1-3-5-6-7-10-23-13-15(12-22-23)16-11-14(4-2)8-9-17(16)24-18(19,20)21/h4,8-9,11-13H,2-3,5-7,10H2,1H3. The van der Waals surface area contributed by atoms with E-state index >= 15 is 0 Å².